The van der Waals surface area contributed by atoms with E-state index in [1.54, 1.807) is 24.4 Å². The van der Waals surface area contributed by atoms with E-state index in [-0.39, 0.29) is 36.2 Å². The van der Waals surface area contributed by atoms with Crippen molar-refractivity contribution in [3.05, 3.63) is 81.1 Å². The van der Waals surface area contributed by atoms with Gasteiger partial charge in [-0.25, -0.2) is 19.2 Å². The van der Waals surface area contributed by atoms with Crippen molar-refractivity contribution in [1.82, 2.24) is 39.5 Å². The maximum atomic E-state index is 14.6. The summed E-state index contributed by atoms with van der Waals surface area (Å²) in [5, 5.41) is 4.02. The number of nitrogens with zero attached hydrogens (tertiary/aromatic N) is 7. The summed E-state index contributed by atoms with van der Waals surface area (Å²) in [6.07, 6.45) is 5.01. The third-order valence-corrected chi connectivity index (χ3v) is 8.11. The van der Waals surface area contributed by atoms with Crippen LogP contribution in [0.1, 0.15) is 36.5 Å². The van der Waals surface area contributed by atoms with Gasteiger partial charge in [-0.05, 0) is 43.0 Å². The second-order valence-corrected chi connectivity index (χ2v) is 11.3. The Kier molecular flexibility index (Phi) is 7.78. The molecule has 0 bridgehead atoms. The Morgan fingerprint density at radius 3 is 2.64 bits per heavy atom. The van der Waals surface area contributed by atoms with Crippen molar-refractivity contribution in [2.75, 3.05) is 19.7 Å². The minimum atomic E-state index is -0.664. The molecule has 2 aliphatic rings. The molecule has 7 rings (SSSR count). The van der Waals surface area contributed by atoms with Gasteiger partial charge < -0.3 is 14.0 Å². The van der Waals surface area contributed by atoms with Gasteiger partial charge in [0.05, 0.1) is 42.6 Å². The molecule has 15 heteroatoms. The summed E-state index contributed by atoms with van der Waals surface area (Å²) >= 11 is 5.84. The minimum Gasteiger partial charge on any atom is -0.472 e. The van der Waals surface area contributed by atoms with Crippen LogP contribution in [-0.2, 0) is 24.2 Å². The first-order valence-corrected chi connectivity index (χ1v) is 14.6. The van der Waals surface area contributed by atoms with Crippen LogP contribution in [0.25, 0.3) is 22.6 Å². The van der Waals surface area contributed by atoms with Crippen molar-refractivity contribution in [1.29, 1.82) is 0 Å². The second-order valence-electron chi connectivity index (χ2n) is 10.9. The lowest BCUT2D eigenvalue weighted by molar-refractivity contribution is -0.0592. The lowest BCUT2D eigenvalue weighted by Crippen LogP contribution is -2.39. The van der Waals surface area contributed by atoms with Crippen LogP contribution in [0.3, 0.4) is 0 Å². The largest absolute Gasteiger partial charge is 0.472 e. The number of halogens is 3. The van der Waals surface area contributed by atoms with Crippen LogP contribution >= 0.6 is 11.6 Å². The Hall–Kier alpha value is -4.27. The molecule has 228 valence electrons. The summed E-state index contributed by atoms with van der Waals surface area (Å²) in [7, 11) is 0. The van der Waals surface area contributed by atoms with Crippen molar-refractivity contribution in [3.63, 3.8) is 0 Å². The maximum absolute atomic E-state index is 14.6. The first-order valence-electron chi connectivity index (χ1n) is 14.3. The van der Waals surface area contributed by atoms with E-state index in [9.17, 15) is 13.6 Å². The van der Waals surface area contributed by atoms with Crippen LogP contribution in [-0.4, -0.2) is 71.4 Å². The summed E-state index contributed by atoms with van der Waals surface area (Å²) < 4.78 is 47.2. The van der Waals surface area contributed by atoms with E-state index in [2.05, 4.69) is 39.1 Å². The van der Waals surface area contributed by atoms with Gasteiger partial charge in [0.2, 0.25) is 11.6 Å². The molecule has 6 heterocycles. The number of imidazole rings is 1. The highest BCUT2D eigenvalue weighted by Crippen LogP contribution is 2.26. The highest BCUT2D eigenvalue weighted by atomic mass is 35.5. The average molecular weight is 625 g/mol. The van der Waals surface area contributed by atoms with E-state index in [1.807, 2.05) is 0 Å². The molecule has 0 amide bonds. The fourth-order valence-corrected chi connectivity index (χ4v) is 5.59. The zero-order valence-corrected chi connectivity index (χ0v) is 24.1. The summed E-state index contributed by atoms with van der Waals surface area (Å²) in [5.41, 5.74) is 2.39. The van der Waals surface area contributed by atoms with Crippen LogP contribution in [0.15, 0.2) is 46.0 Å². The number of rotatable bonds is 9. The predicted molar refractivity (Wildman–Crippen MR) is 153 cm³/mol. The highest BCUT2D eigenvalue weighted by molar-refractivity contribution is 6.30. The van der Waals surface area contributed by atoms with Crippen LogP contribution in [0, 0.1) is 11.6 Å². The summed E-state index contributed by atoms with van der Waals surface area (Å²) in [4.78, 5) is 33.8. The summed E-state index contributed by atoms with van der Waals surface area (Å²) in [6, 6.07) is 6.14. The fourth-order valence-electron chi connectivity index (χ4n) is 5.43. The first-order chi connectivity index (χ1) is 21.4. The van der Waals surface area contributed by atoms with Crippen molar-refractivity contribution in [3.8, 4) is 17.4 Å². The van der Waals surface area contributed by atoms with E-state index < -0.39 is 17.4 Å². The summed E-state index contributed by atoms with van der Waals surface area (Å²) in [5.74, 6) is -0.577. The quantitative estimate of drug-likeness (QED) is 0.257. The Morgan fingerprint density at radius 2 is 1.91 bits per heavy atom. The third-order valence-electron chi connectivity index (χ3n) is 7.88. The van der Waals surface area contributed by atoms with E-state index in [1.165, 1.54) is 6.07 Å². The monoisotopic (exact) mass is 624 g/mol. The molecule has 0 aliphatic carbocycles. The van der Waals surface area contributed by atoms with E-state index in [0.29, 0.717) is 55.3 Å². The molecule has 0 saturated carbocycles. The van der Waals surface area contributed by atoms with Gasteiger partial charge in [0.15, 0.2) is 0 Å². The number of ether oxygens (including phenoxy) is 2. The van der Waals surface area contributed by atoms with Crippen molar-refractivity contribution < 1.29 is 22.8 Å². The number of aromatic amines is 1. The molecular weight excluding hydrogens is 598 g/mol. The summed E-state index contributed by atoms with van der Waals surface area (Å²) in [6.45, 7) is 3.39. The van der Waals surface area contributed by atoms with Gasteiger partial charge >= 0.3 is 5.76 Å². The smallest absolute Gasteiger partial charge is 0.439 e. The van der Waals surface area contributed by atoms with Gasteiger partial charge in [-0.15, -0.1) is 0 Å². The molecular formula is C29H27ClF2N8O4. The lowest BCUT2D eigenvalue weighted by atomic mass is 10.1. The molecule has 1 unspecified atom stereocenters. The Labute approximate surface area is 254 Å². The normalized spacial score (nSPS) is 17.7. The van der Waals surface area contributed by atoms with Gasteiger partial charge in [0.1, 0.15) is 29.3 Å². The maximum Gasteiger partial charge on any atom is 0.439 e. The molecule has 0 spiro atoms. The Balaban J connectivity index is 1.03. The van der Waals surface area contributed by atoms with Crippen molar-refractivity contribution >= 4 is 22.6 Å². The van der Waals surface area contributed by atoms with E-state index >= 15 is 0 Å². The van der Waals surface area contributed by atoms with E-state index in [0.717, 1.165) is 36.1 Å². The number of aromatic nitrogens is 7. The molecule has 12 nitrogen and oxygen atoms in total. The van der Waals surface area contributed by atoms with Crippen LogP contribution < -0.4 is 10.5 Å². The number of nitrogens with one attached hydrogen (secondary N) is 1. The molecule has 2 fully saturated rings. The Morgan fingerprint density at radius 1 is 1.07 bits per heavy atom. The topological polar surface area (TPSA) is 137 Å². The zero-order chi connectivity index (χ0) is 30.2. The zero-order valence-electron chi connectivity index (χ0n) is 23.4. The van der Waals surface area contributed by atoms with Crippen molar-refractivity contribution in [2.24, 2.45) is 0 Å². The molecule has 0 radical (unpaired) electrons. The minimum absolute atomic E-state index is 0.0819. The molecule has 5 aromatic rings. The Bertz CT molecular complexity index is 1870. The average Bonchev–Trinajstić information content (AvgIpc) is 3.57. The molecule has 4 aromatic heterocycles. The second kappa shape index (κ2) is 12.0. The van der Waals surface area contributed by atoms with Crippen LogP contribution in [0.2, 0.25) is 5.02 Å². The SMILES string of the molecule is O=c1[nH]c(-c2cc3nc(CN4CCC(Oc5nc(Cc6ccc(Cl)cc6F)ncc5F)CC4)n(CC4CCO4)c3cn2)no1. The molecule has 1 N–H and O–H groups in total. The number of piperidine rings is 1. The van der Waals surface area contributed by atoms with Gasteiger partial charge in [-0.2, -0.15) is 9.37 Å². The number of fused-ring (bicyclic) bond motifs is 1. The number of hydrogen-bond donors (Lipinski definition) is 1. The first kappa shape index (κ1) is 28.5. The molecule has 2 aliphatic heterocycles. The molecule has 44 heavy (non-hydrogen) atoms. The van der Waals surface area contributed by atoms with Gasteiger partial charge in [0, 0.05) is 31.1 Å². The van der Waals surface area contributed by atoms with Crippen molar-refractivity contribution in [2.45, 2.75) is 51.0 Å². The van der Waals surface area contributed by atoms with Gasteiger partial charge in [-0.1, -0.05) is 22.8 Å². The molecule has 1 aromatic carbocycles. The molecule has 2 saturated heterocycles. The number of pyridine rings is 1. The van der Waals surface area contributed by atoms with Gasteiger partial charge in [0.25, 0.3) is 5.88 Å². The number of H-pyrrole nitrogens is 1. The molecule has 1 atom stereocenters. The van der Waals surface area contributed by atoms with E-state index in [4.69, 9.17) is 26.1 Å². The van der Waals surface area contributed by atoms with Crippen LogP contribution in [0.5, 0.6) is 5.88 Å². The number of likely N-dealkylation sites (tertiary alicyclic amines) is 1. The van der Waals surface area contributed by atoms with Crippen LogP contribution in [0.4, 0.5) is 8.78 Å². The van der Waals surface area contributed by atoms with Gasteiger partial charge in [-0.3, -0.25) is 19.4 Å². The standard InChI is InChI=1S/C29H27ClF2N8O4/c30-17-2-1-16(20(31)10-17)9-25-34-12-21(32)28(36-25)43-18-3-6-39(7-4-18)15-26-35-22-11-23(27-37-29(41)44-38-27)33-13-24(22)40(26)14-19-5-8-42-19/h1-2,10-13,18-19H,3-9,14-15H2,(H,37,38,41). The number of benzene rings is 1. The third kappa shape index (κ3) is 6.05. The lowest BCUT2D eigenvalue weighted by Gasteiger charge is -2.32. The fraction of sp³-hybridized carbons (Fsp3) is 0.379. The number of hydrogen-bond acceptors (Lipinski definition) is 10. The highest BCUT2D eigenvalue weighted by Gasteiger charge is 2.27. The predicted octanol–water partition coefficient (Wildman–Crippen LogP) is 3.92.